The summed E-state index contributed by atoms with van der Waals surface area (Å²) in [5, 5.41) is 14.6. The van der Waals surface area contributed by atoms with E-state index in [1.54, 1.807) is 12.1 Å². The molecule has 0 atom stereocenters. The van der Waals surface area contributed by atoms with Crippen LogP contribution in [0.2, 0.25) is 0 Å². The Morgan fingerprint density at radius 2 is 2.10 bits per heavy atom. The normalized spacial score (nSPS) is 10.5. The lowest BCUT2D eigenvalue weighted by molar-refractivity contribution is 0.0697. The van der Waals surface area contributed by atoms with Crippen molar-refractivity contribution in [2.24, 2.45) is 0 Å². The van der Waals surface area contributed by atoms with Crippen LogP contribution in [0.5, 0.6) is 5.75 Å². The summed E-state index contributed by atoms with van der Waals surface area (Å²) in [6, 6.07) is 9.93. The Morgan fingerprint density at radius 3 is 2.76 bits per heavy atom. The molecule has 2 heterocycles. The molecule has 0 saturated heterocycles. The summed E-state index contributed by atoms with van der Waals surface area (Å²) in [6.45, 7) is 0.154. The van der Waals surface area contributed by atoms with Crippen LogP contribution in [0.25, 0.3) is 10.8 Å². The highest BCUT2D eigenvalue weighted by molar-refractivity contribution is 7.13. The van der Waals surface area contributed by atoms with Crippen molar-refractivity contribution in [3.8, 4) is 16.5 Å². The minimum atomic E-state index is -0.972. The maximum absolute atomic E-state index is 10.7. The third-order valence-corrected chi connectivity index (χ3v) is 3.53. The Labute approximate surface area is 123 Å². The Bertz CT molecular complexity index is 735. The number of hydrogen-bond acceptors (Lipinski definition) is 6. The Hall–Kier alpha value is -2.67. The number of hydrogen-bond donors (Lipinski definition) is 1. The van der Waals surface area contributed by atoms with Crippen LogP contribution in [-0.4, -0.2) is 21.2 Å². The average molecular weight is 302 g/mol. The molecule has 0 radical (unpaired) electrons. The third-order valence-electron chi connectivity index (χ3n) is 2.67. The SMILES string of the molecule is O=C(O)c1ccc(OCc2noc(-c3cccs3)n2)cc1. The van der Waals surface area contributed by atoms with E-state index in [2.05, 4.69) is 10.1 Å². The van der Waals surface area contributed by atoms with E-state index in [-0.39, 0.29) is 12.2 Å². The largest absolute Gasteiger partial charge is 0.485 e. The Morgan fingerprint density at radius 1 is 1.29 bits per heavy atom. The molecule has 1 aromatic carbocycles. The zero-order valence-electron chi connectivity index (χ0n) is 10.7. The molecule has 2 aromatic heterocycles. The number of carboxylic acid groups (broad SMARTS) is 1. The van der Waals surface area contributed by atoms with Crippen molar-refractivity contribution in [2.75, 3.05) is 0 Å². The molecule has 6 nitrogen and oxygen atoms in total. The van der Waals surface area contributed by atoms with Crippen molar-refractivity contribution in [3.63, 3.8) is 0 Å². The van der Waals surface area contributed by atoms with Gasteiger partial charge in [0.2, 0.25) is 5.82 Å². The highest BCUT2D eigenvalue weighted by Crippen LogP contribution is 2.22. The molecule has 21 heavy (non-hydrogen) atoms. The lowest BCUT2D eigenvalue weighted by Gasteiger charge is -2.03. The van der Waals surface area contributed by atoms with Gasteiger partial charge in [-0.15, -0.1) is 11.3 Å². The first-order valence-corrected chi connectivity index (χ1v) is 6.93. The van der Waals surface area contributed by atoms with Crippen molar-refractivity contribution in [2.45, 2.75) is 6.61 Å². The average Bonchev–Trinajstić information content (AvgIpc) is 3.16. The molecule has 7 heteroatoms. The first-order valence-electron chi connectivity index (χ1n) is 6.05. The number of carbonyl (C=O) groups is 1. The molecule has 0 aliphatic rings. The van der Waals surface area contributed by atoms with Crippen LogP contribution in [0.15, 0.2) is 46.3 Å². The van der Waals surface area contributed by atoms with Gasteiger partial charge in [-0.3, -0.25) is 0 Å². The van der Waals surface area contributed by atoms with Gasteiger partial charge in [0.05, 0.1) is 10.4 Å². The molecule has 0 amide bonds. The number of ether oxygens (including phenoxy) is 1. The molecular weight excluding hydrogens is 292 g/mol. The summed E-state index contributed by atoms with van der Waals surface area (Å²) in [5.41, 5.74) is 0.210. The zero-order chi connectivity index (χ0) is 14.7. The fourth-order valence-electron chi connectivity index (χ4n) is 1.65. The van der Waals surface area contributed by atoms with Gasteiger partial charge in [0, 0.05) is 0 Å². The lowest BCUT2D eigenvalue weighted by atomic mass is 10.2. The van der Waals surface area contributed by atoms with Gasteiger partial charge in [0.15, 0.2) is 6.61 Å². The van der Waals surface area contributed by atoms with Gasteiger partial charge in [-0.2, -0.15) is 4.98 Å². The number of thiophene rings is 1. The first kappa shape index (κ1) is 13.3. The van der Waals surface area contributed by atoms with E-state index in [0.29, 0.717) is 17.5 Å². The second-order valence-corrected chi connectivity index (χ2v) is 5.06. The minimum Gasteiger partial charge on any atom is -0.485 e. The number of rotatable bonds is 5. The van der Waals surface area contributed by atoms with E-state index < -0.39 is 5.97 Å². The molecule has 0 unspecified atom stereocenters. The van der Waals surface area contributed by atoms with Crippen LogP contribution in [0.3, 0.4) is 0 Å². The third kappa shape index (κ3) is 3.09. The van der Waals surface area contributed by atoms with E-state index >= 15 is 0 Å². The van der Waals surface area contributed by atoms with E-state index in [9.17, 15) is 4.79 Å². The topological polar surface area (TPSA) is 85.5 Å². The summed E-state index contributed by atoms with van der Waals surface area (Å²) in [4.78, 5) is 15.9. The van der Waals surface area contributed by atoms with Gasteiger partial charge in [-0.05, 0) is 35.7 Å². The van der Waals surface area contributed by atoms with Gasteiger partial charge in [-0.25, -0.2) is 4.79 Å². The molecule has 0 spiro atoms. The Kier molecular flexibility index (Phi) is 3.65. The van der Waals surface area contributed by atoms with Gasteiger partial charge >= 0.3 is 5.97 Å². The lowest BCUT2D eigenvalue weighted by Crippen LogP contribution is -1.99. The van der Waals surface area contributed by atoms with Crippen molar-refractivity contribution in [3.05, 3.63) is 53.2 Å². The summed E-state index contributed by atoms with van der Waals surface area (Å²) in [5.74, 6) is 0.466. The molecular formula is C14H10N2O4S. The van der Waals surface area contributed by atoms with Gasteiger partial charge in [-0.1, -0.05) is 11.2 Å². The van der Waals surface area contributed by atoms with E-state index in [1.165, 1.54) is 23.5 Å². The van der Waals surface area contributed by atoms with Crippen LogP contribution in [-0.2, 0) is 6.61 Å². The number of aromatic nitrogens is 2. The molecule has 106 valence electrons. The Balaban J connectivity index is 1.64. The highest BCUT2D eigenvalue weighted by Gasteiger charge is 2.10. The molecule has 0 aliphatic carbocycles. The van der Waals surface area contributed by atoms with Crippen LogP contribution in [0.4, 0.5) is 0 Å². The summed E-state index contributed by atoms with van der Waals surface area (Å²) in [7, 11) is 0. The van der Waals surface area contributed by atoms with Crippen LogP contribution in [0.1, 0.15) is 16.2 Å². The number of aromatic carboxylic acids is 1. The second-order valence-electron chi connectivity index (χ2n) is 4.11. The van der Waals surface area contributed by atoms with Gasteiger partial charge in [0.1, 0.15) is 5.75 Å². The van der Waals surface area contributed by atoms with E-state index in [1.807, 2.05) is 17.5 Å². The van der Waals surface area contributed by atoms with Crippen molar-refractivity contribution in [1.82, 2.24) is 10.1 Å². The maximum atomic E-state index is 10.7. The summed E-state index contributed by atoms with van der Waals surface area (Å²) >= 11 is 1.52. The van der Waals surface area contributed by atoms with Crippen LogP contribution in [0, 0.1) is 0 Å². The molecule has 3 aromatic rings. The molecule has 0 bridgehead atoms. The van der Waals surface area contributed by atoms with Gasteiger partial charge < -0.3 is 14.4 Å². The molecule has 1 N–H and O–H groups in total. The predicted molar refractivity (Wildman–Crippen MR) is 75.3 cm³/mol. The number of benzene rings is 1. The highest BCUT2D eigenvalue weighted by atomic mass is 32.1. The molecule has 0 saturated carbocycles. The van der Waals surface area contributed by atoms with E-state index in [0.717, 1.165) is 4.88 Å². The van der Waals surface area contributed by atoms with Crippen molar-refractivity contribution in [1.29, 1.82) is 0 Å². The van der Waals surface area contributed by atoms with Gasteiger partial charge in [0.25, 0.3) is 5.89 Å². The molecule has 3 rings (SSSR count). The van der Waals surface area contributed by atoms with Crippen molar-refractivity contribution >= 4 is 17.3 Å². The van der Waals surface area contributed by atoms with Crippen molar-refractivity contribution < 1.29 is 19.2 Å². The van der Waals surface area contributed by atoms with Crippen LogP contribution < -0.4 is 4.74 Å². The standard InChI is InChI=1S/C14H10N2O4S/c17-14(18)9-3-5-10(6-4-9)19-8-12-15-13(20-16-12)11-2-1-7-21-11/h1-7H,8H2,(H,17,18). The smallest absolute Gasteiger partial charge is 0.335 e. The quantitative estimate of drug-likeness (QED) is 0.779. The first-order chi connectivity index (χ1) is 10.2. The monoisotopic (exact) mass is 302 g/mol. The fourth-order valence-corrected chi connectivity index (χ4v) is 2.30. The number of nitrogens with zero attached hydrogens (tertiary/aromatic N) is 2. The summed E-state index contributed by atoms with van der Waals surface area (Å²) in [6.07, 6.45) is 0. The minimum absolute atomic E-state index is 0.154. The predicted octanol–water partition coefficient (Wildman–Crippen LogP) is 3.08. The molecule has 0 aliphatic heterocycles. The summed E-state index contributed by atoms with van der Waals surface area (Å²) < 4.78 is 10.6. The zero-order valence-corrected chi connectivity index (χ0v) is 11.5. The fraction of sp³-hybridized carbons (Fsp3) is 0.0714. The number of carboxylic acids is 1. The molecule has 0 fully saturated rings. The van der Waals surface area contributed by atoms with E-state index in [4.69, 9.17) is 14.4 Å². The maximum Gasteiger partial charge on any atom is 0.335 e. The second kappa shape index (κ2) is 5.76. The van der Waals surface area contributed by atoms with Crippen LogP contribution >= 0.6 is 11.3 Å².